The van der Waals surface area contributed by atoms with Crippen molar-refractivity contribution < 1.29 is 9.47 Å². The van der Waals surface area contributed by atoms with Crippen molar-refractivity contribution in [2.24, 2.45) is 0 Å². The van der Waals surface area contributed by atoms with E-state index in [1.54, 1.807) is 25.6 Å². The fraction of sp³-hybridized carbons (Fsp3) is 0.400. The maximum absolute atomic E-state index is 5.38. The molecule has 8 heteroatoms. The van der Waals surface area contributed by atoms with Gasteiger partial charge in [-0.05, 0) is 43.5 Å². The van der Waals surface area contributed by atoms with Gasteiger partial charge in [0.1, 0.15) is 0 Å². The highest BCUT2D eigenvalue weighted by atomic mass is 32.1. The molecule has 1 saturated heterocycles. The molecule has 1 N–H and O–H groups in total. The highest BCUT2D eigenvalue weighted by molar-refractivity contribution is 7.17. The van der Waals surface area contributed by atoms with Crippen molar-refractivity contribution in [3.8, 4) is 16.6 Å². The zero-order chi connectivity index (χ0) is 19.3. The van der Waals surface area contributed by atoms with Gasteiger partial charge in [0, 0.05) is 36.7 Å². The van der Waals surface area contributed by atoms with Crippen LogP contribution in [0, 0.1) is 0 Å². The lowest BCUT2D eigenvalue weighted by Gasteiger charge is -2.25. The van der Waals surface area contributed by atoms with Crippen LogP contribution in [0.1, 0.15) is 25.0 Å². The van der Waals surface area contributed by atoms with E-state index in [4.69, 9.17) is 9.47 Å². The van der Waals surface area contributed by atoms with Crippen molar-refractivity contribution in [1.29, 1.82) is 0 Å². The second-order valence-electron chi connectivity index (χ2n) is 6.71. The van der Waals surface area contributed by atoms with E-state index in [1.807, 2.05) is 30.5 Å². The van der Waals surface area contributed by atoms with Gasteiger partial charge in [0.2, 0.25) is 10.3 Å². The van der Waals surface area contributed by atoms with E-state index in [-0.39, 0.29) is 0 Å². The molecule has 0 saturated carbocycles. The highest BCUT2D eigenvalue weighted by Gasteiger charge is 2.17. The topological polar surface area (TPSA) is 64.4 Å². The van der Waals surface area contributed by atoms with Crippen LogP contribution in [0.25, 0.3) is 5.13 Å². The first kappa shape index (κ1) is 18.6. The number of hydrogen-bond donors (Lipinski definition) is 1. The first-order valence-electron chi connectivity index (χ1n) is 9.49. The van der Waals surface area contributed by atoms with Crippen LogP contribution in [-0.2, 0) is 6.54 Å². The van der Waals surface area contributed by atoms with E-state index in [0.717, 1.165) is 40.5 Å². The molecule has 3 heterocycles. The summed E-state index contributed by atoms with van der Waals surface area (Å²) in [6, 6.07) is 9.94. The summed E-state index contributed by atoms with van der Waals surface area (Å²) in [6.07, 6.45) is 5.82. The maximum atomic E-state index is 5.38. The van der Waals surface area contributed by atoms with Gasteiger partial charge in [-0.3, -0.25) is 4.57 Å². The van der Waals surface area contributed by atoms with E-state index in [9.17, 15) is 0 Å². The van der Waals surface area contributed by atoms with Gasteiger partial charge >= 0.3 is 0 Å². The summed E-state index contributed by atoms with van der Waals surface area (Å²) in [5.41, 5.74) is 2.09. The molecule has 28 heavy (non-hydrogen) atoms. The molecule has 0 spiro atoms. The summed E-state index contributed by atoms with van der Waals surface area (Å²) in [6.45, 7) is 2.82. The highest BCUT2D eigenvalue weighted by Crippen LogP contribution is 2.30. The normalized spacial score (nSPS) is 14.1. The van der Waals surface area contributed by atoms with Gasteiger partial charge in [0.15, 0.2) is 11.5 Å². The van der Waals surface area contributed by atoms with Crippen LogP contribution in [0.5, 0.6) is 11.5 Å². The second-order valence-corrected chi connectivity index (χ2v) is 7.64. The molecule has 1 aliphatic rings. The van der Waals surface area contributed by atoms with Crippen LogP contribution in [-0.4, -0.2) is 42.1 Å². The SMILES string of the molecule is COc1ccc(NCc2cccn2-c2nnc(N3CCCCC3)s2)cc1OC. The Kier molecular flexibility index (Phi) is 5.66. The molecular weight excluding hydrogens is 374 g/mol. The molecule has 0 atom stereocenters. The number of piperidine rings is 1. The Morgan fingerprint density at radius 3 is 2.57 bits per heavy atom. The molecule has 1 aliphatic heterocycles. The summed E-state index contributed by atoms with van der Waals surface area (Å²) in [7, 11) is 3.28. The van der Waals surface area contributed by atoms with E-state index >= 15 is 0 Å². The standard InChI is InChI=1S/C20H25N5O2S/c1-26-17-9-8-15(13-18(17)27-2)21-14-16-7-6-12-25(16)20-23-22-19(28-20)24-10-4-3-5-11-24/h6-9,12-13,21H,3-5,10-11,14H2,1-2H3. The van der Waals surface area contributed by atoms with Crippen LogP contribution in [0.15, 0.2) is 36.5 Å². The number of methoxy groups -OCH3 is 2. The van der Waals surface area contributed by atoms with E-state index in [0.29, 0.717) is 12.3 Å². The van der Waals surface area contributed by atoms with Crippen molar-refractivity contribution >= 4 is 22.2 Å². The lowest BCUT2D eigenvalue weighted by Crippen LogP contribution is -2.29. The Hall–Kier alpha value is -2.74. The zero-order valence-electron chi connectivity index (χ0n) is 16.2. The molecule has 0 amide bonds. The fourth-order valence-electron chi connectivity index (χ4n) is 3.40. The third-order valence-electron chi connectivity index (χ3n) is 4.93. The van der Waals surface area contributed by atoms with Crippen LogP contribution in [0.2, 0.25) is 0 Å². The van der Waals surface area contributed by atoms with Gasteiger partial charge in [-0.25, -0.2) is 0 Å². The lowest BCUT2D eigenvalue weighted by molar-refractivity contribution is 0.355. The number of anilines is 2. The molecular formula is C20H25N5O2S. The van der Waals surface area contributed by atoms with Crippen LogP contribution in [0.3, 0.4) is 0 Å². The smallest absolute Gasteiger partial charge is 0.218 e. The minimum atomic E-state index is 0.668. The number of benzene rings is 1. The van der Waals surface area contributed by atoms with Crippen LogP contribution >= 0.6 is 11.3 Å². The molecule has 1 fully saturated rings. The summed E-state index contributed by atoms with van der Waals surface area (Å²) in [5.74, 6) is 1.42. The number of aromatic nitrogens is 3. The number of rotatable bonds is 7. The molecule has 148 valence electrons. The Bertz CT molecular complexity index is 917. The van der Waals surface area contributed by atoms with Gasteiger partial charge in [-0.1, -0.05) is 11.3 Å². The van der Waals surface area contributed by atoms with Crippen molar-refractivity contribution in [3.63, 3.8) is 0 Å². The average molecular weight is 400 g/mol. The van der Waals surface area contributed by atoms with Crippen LogP contribution in [0.4, 0.5) is 10.8 Å². The molecule has 0 radical (unpaired) electrons. The minimum Gasteiger partial charge on any atom is -0.493 e. The number of ether oxygens (including phenoxy) is 2. The first-order valence-corrected chi connectivity index (χ1v) is 10.3. The Morgan fingerprint density at radius 2 is 1.79 bits per heavy atom. The van der Waals surface area contributed by atoms with Gasteiger partial charge in [-0.2, -0.15) is 0 Å². The minimum absolute atomic E-state index is 0.668. The fourth-order valence-corrected chi connectivity index (χ4v) is 4.32. The van der Waals surface area contributed by atoms with Gasteiger partial charge in [0.05, 0.1) is 20.8 Å². The third-order valence-corrected chi connectivity index (χ3v) is 5.91. The molecule has 2 aromatic heterocycles. The van der Waals surface area contributed by atoms with E-state index < -0.39 is 0 Å². The molecule has 3 aromatic rings. The predicted octanol–water partition coefficient (Wildman–Crippen LogP) is 3.95. The zero-order valence-corrected chi connectivity index (χ0v) is 17.0. The monoisotopic (exact) mass is 399 g/mol. The van der Waals surface area contributed by atoms with E-state index in [1.165, 1.54) is 19.3 Å². The summed E-state index contributed by atoms with van der Waals surface area (Å²) < 4.78 is 12.8. The Morgan fingerprint density at radius 1 is 1.00 bits per heavy atom. The second kappa shape index (κ2) is 8.52. The van der Waals surface area contributed by atoms with E-state index in [2.05, 4.69) is 31.0 Å². The quantitative estimate of drug-likeness (QED) is 0.649. The number of hydrogen-bond acceptors (Lipinski definition) is 7. The molecule has 0 aliphatic carbocycles. The summed E-state index contributed by atoms with van der Waals surface area (Å²) in [4.78, 5) is 2.34. The molecule has 1 aromatic carbocycles. The maximum Gasteiger partial charge on any atom is 0.218 e. The lowest BCUT2D eigenvalue weighted by atomic mass is 10.1. The molecule has 4 rings (SSSR count). The van der Waals surface area contributed by atoms with Gasteiger partial charge < -0.3 is 19.7 Å². The van der Waals surface area contributed by atoms with Crippen molar-refractivity contribution in [1.82, 2.24) is 14.8 Å². The van der Waals surface area contributed by atoms with Gasteiger partial charge in [0.25, 0.3) is 0 Å². The number of nitrogens with one attached hydrogen (secondary N) is 1. The first-order chi connectivity index (χ1) is 13.8. The Balaban J connectivity index is 1.47. The molecule has 0 bridgehead atoms. The summed E-state index contributed by atoms with van der Waals surface area (Å²) in [5, 5.41) is 14.2. The molecule has 7 nitrogen and oxygen atoms in total. The molecule has 0 unspecified atom stereocenters. The van der Waals surface area contributed by atoms with Crippen molar-refractivity contribution in [3.05, 3.63) is 42.2 Å². The van der Waals surface area contributed by atoms with Crippen LogP contribution < -0.4 is 19.7 Å². The average Bonchev–Trinajstić information content (AvgIpc) is 3.42. The largest absolute Gasteiger partial charge is 0.493 e. The Labute approximate surface area is 168 Å². The predicted molar refractivity (Wildman–Crippen MR) is 112 cm³/mol. The summed E-state index contributed by atoms with van der Waals surface area (Å²) >= 11 is 1.65. The van der Waals surface area contributed by atoms with Gasteiger partial charge in [-0.15, -0.1) is 10.2 Å². The van der Waals surface area contributed by atoms with Crippen molar-refractivity contribution in [2.75, 3.05) is 37.5 Å². The third kappa shape index (κ3) is 3.91. The number of nitrogens with zero attached hydrogens (tertiary/aromatic N) is 4. The van der Waals surface area contributed by atoms with Crippen molar-refractivity contribution in [2.45, 2.75) is 25.8 Å².